The van der Waals surface area contributed by atoms with Gasteiger partial charge in [0.05, 0.1) is 14.1 Å². The van der Waals surface area contributed by atoms with Crippen LogP contribution in [0.5, 0.6) is 0 Å². The van der Waals surface area contributed by atoms with Crippen LogP contribution >= 0.6 is 0 Å². The maximum absolute atomic E-state index is 9.93. The van der Waals surface area contributed by atoms with Crippen LogP contribution in [-0.4, -0.2) is 19.0 Å². The van der Waals surface area contributed by atoms with E-state index in [2.05, 4.69) is 85.7 Å². The normalized spacial score (nSPS) is 14.3. The molecule has 2 aromatic rings. The lowest BCUT2D eigenvalue weighted by molar-refractivity contribution is 0.166. The van der Waals surface area contributed by atoms with E-state index >= 15 is 0 Å². The van der Waals surface area contributed by atoms with Crippen LogP contribution in [0.15, 0.2) is 72.4 Å². The molecule has 136 valence electrons. The lowest BCUT2D eigenvalue weighted by Gasteiger charge is -2.33. The molecule has 1 unspecified atom stereocenters. The van der Waals surface area contributed by atoms with Crippen molar-refractivity contribution in [2.45, 2.75) is 51.6 Å². The number of hydrogen-bond acceptors (Lipinski definition) is 2. The Bertz CT molecular complexity index is 726. The lowest BCUT2D eigenvalue weighted by atomic mass is 10.0. The zero-order valence-corrected chi connectivity index (χ0v) is 17.4. The molecule has 0 saturated carbocycles. The summed E-state index contributed by atoms with van der Waals surface area (Å²) in [6.45, 7) is 10.0. The van der Waals surface area contributed by atoms with Gasteiger partial charge in [-0.25, -0.2) is 0 Å². The summed E-state index contributed by atoms with van der Waals surface area (Å²) in [4.78, 5) is 2.32. The van der Waals surface area contributed by atoms with E-state index in [-0.39, 0.29) is 12.1 Å². The number of rotatable bonds is 8. The van der Waals surface area contributed by atoms with Crippen LogP contribution in [0.4, 0.5) is 0 Å². The molecule has 2 aromatic carbocycles. The van der Waals surface area contributed by atoms with Crippen molar-refractivity contribution in [3.63, 3.8) is 0 Å². The van der Waals surface area contributed by atoms with Gasteiger partial charge in [0.1, 0.15) is 6.04 Å². The van der Waals surface area contributed by atoms with Gasteiger partial charge in [-0.2, -0.15) is 5.26 Å². The van der Waals surface area contributed by atoms with Crippen molar-refractivity contribution in [2.75, 3.05) is 0 Å². The quantitative estimate of drug-likeness (QED) is 0.541. The van der Waals surface area contributed by atoms with Gasteiger partial charge in [-0.3, -0.25) is 4.90 Å². The average molecular weight is 363 g/mol. The monoisotopic (exact) mass is 362 g/mol. The van der Waals surface area contributed by atoms with E-state index in [0.29, 0.717) is 0 Å². The molecule has 0 aliphatic heterocycles. The zero-order chi connectivity index (χ0) is 19.0. The Morgan fingerprint density at radius 1 is 1.00 bits per heavy atom. The van der Waals surface area contributed by atoms with Crippen molar-refractivity contribution in [2.24, 2.45) is 0 Å². The molecule has 2 rings (SSSR count). The zero-order valence-electron chi connectivity index (χ0n) is 16.4. The highest BCUT2D eigenvalue weighted by Gasteiger charge is 2.24. The largest absolute Gasteiger partial charge is 0.277 e. The molecule has 0 spiro atoms. The van der Waals surface area contributed by atoms with Gasteiger partial charge in [0.15, 0.2) is 0 Å². The van der Waals surface area contributed by atoms with Crippen LogP contribution in [0, 0.1) is 11.3 Å². The average Bonchev–Trinajstić information content (AvgIpc) is 2.62. The van der Waals surface area contributed by atoms with Gasteiger partial charge in [-0.15, -0.1) is 0 Å². The first-order valence-electron chi connectivity index (χ1n) is 9.32. The third-order valence-corrected chi connectivity index (χ3v) is 5.67. The molecule has 0 N–H and O–H groups in total. The van der Waals surface area contributed by atoms with Gasteiger partial charge < -0.3 is 0 Å². The summed E-state index contributed by atoms with van der Waals surface area (Å²) in [5.74, 6) is 0. The molecule has 0 aliphatic rings. The van der Waals surface area contributed by atoms with E-state index in [1.807, 2.05) is 24.3 Å². The summed E-state index contributed by atoms with van der Waals surface area (Å²) in [5.41, 5.74) is 4.70. The van der Waals surface area contributed by atoms with Crippen LogP contribution < -0.4 is 0 Å². The van der Waals surface area contributed by atoms with Crippen molar-refractivity contribution >= 4 is 8.07 Å². The van der Waals surface area contributed by atoms with E-state index in [1.54, 1.807) is 0 Å². The highest BCUT2D eigenvalue weighted by atomic mass is 28.3. The van der Waals surface area contributed by atoms with Crippen LogP contribution in [0.1, 0.15) is 30.5 Å². The molecule has 0 heterocycles. The first-order chi connectivity index (χ1) is 12.4. The molecule has 0 saturated heterocycles. The number of benzene rings is 2. The lowest BCUT2D eigenvalue weighted by Crippen LogP contribution is -2.35. The van der Waals surface area contributed by atoms with Gasteiger partial charge in [-0.1, -0.05) is 92.1 Å². The summed E-state index contributed by atoms with van der Waals surface area (Å²) in [6.07, 6.45) is 3.27. The molecule has 0 bridgehead atoms. The molecule has 3 heteroatoms. The molecule has 0 fully saturated rings. The molecular weight excluding hydrogens is 332 g/mol. The number of nitrogens with zero attached hydrogens (tertiary/aromatic N) is 2. The van der Waals surface area contributed by atoms with Crippen LogP contribution in [-0.2, 0) is 6.54 Å². The van der Waals surface area contributed by atoms with E-state index < -0.39 is 8.07 Å². The first-order valence-corrected chi connectivity index (χ1v) is 12.9. The van der Waals surface area contributed by atoms with Gasteiger partial charge in [0.25, 0.3) is 0 Å². The van der Waals surface area contributed by atoms with Gasteiger partial charge in [0, 0.05) is 12.6 Å². The molecule has 2 atom stereocenters. The molecule has 0 amide bonds. The maximum atomic E-state index is 9.93. The maximum Gasteiger partial charge on any atom is 0.124 e. The van der Waals surface area contributed by atoms with Crippen molar-refractivity contribution in [1.29, 1.82) is 5.26 Å². The summed E-state index contributed by atoms with van der Waals surface area (Å²) in [7, 11) is -1.20. The van der Waals surface area contributed by atoms with Gasteiger partial charge in [-0.05, 0) is 24.5 Å². The summed E-state index contributed by atoms with van der Waals surface area (Å²) in [5, 5.41) is 9.93. The third-order valence-electron chi connectivity index (χ3n) is 4.44. The molecular formula is C23H30N2Si. The van der Waals surface area contributed by atoms with E-state index in [0.717, 1.165) is 18.5 Å². The molecule has 2 nitrogen and oxygen atoms in total. The second-order valence-electron chi connectivity index (χ2n) is 7.95. The smallest absolute Gasteiger partial charge is 0.124 e. The second-order valence-corrected chi connectivity index (χ2v) is 13.0. The predicted octanol–water partition coefficient (Wildman–Crippen LogP) is 5.97. The molecule has 26 heavy (non-hydrogen) atoms. The van der Waals surface area contributed by atoms with Gasteiger partial charge >= 0.3 is 0 Å². The molecule has 0 aliphatic carbocycles. The van der Waals surface area contributed by atoms with E-state index in [1.165, 1.54) is 5.56 Å². The predicted molar refractivity (Wildman–Crippen MR) is 113 cm³/mol. The first kappa shape index (κ1) is 20.2. The summed E-state index contributed by atoms with van der Waals surface area (Å²) >= 11 is 0. The Hall–Kier alpha value is -2.15. The van der Waals surface area contributed by atoms with Gasteiger partial charge in [0.2, 0.25) is 0 Å². The van der Waals surface area contributed by atoms with Crippen molar-refractivity contribution in [1.82, 2.24) is 4.90 Å². The highest BCUT2D eigenvalue weighted by Crippen LogP contribution is 2.26. The minimum Gasteiger partial charge on any atom is -0.277 e. The highest BCUT2D eigenvalue weighted by molar-refractivity contribution is 6.80. The van der Waals surface area contributed by atoms with E-state index in [4.69, 9.17) is 0 Å². The Labute approximate surface area is 159 Å². The summed E-state index contributed by atoms with van der Waals surface area (Å²) < 4.78 is 0. The standard InChI is InChI=1S/C23H30N2Si/c1-20(12-11-17-26(2,3)4)25(19-21-13-7-5-8-14-21)23(18-24)22-15-9-6-10-16-22/h5-11,13-17,20,23H,12,19H2,1-4H3/b17-11-/t20-,23?/m0/s1. The summed E-state index contributed by atoms with van der Waals surface area (Å²) in [6, 6.07) is 23.1. The number of hydrogen-bond donors (Lipinski definition) is 0. The minimum atomic E-state index is -1.20. The topological polar surface area (TPSA) is 27.0 Å². The Balaban J connectivity index is 2.26. The fraction of sp³-hybridized carbons (Fsp3) is 0.348. The molecule has 0 radical (unpaired) electrons. The third kappa shape index (κ3) is 6.29. The second kappa shape index (κ2) is 9.52. The van der Waals surface area contributed by atoms with Crippen molar-refractivity contribution in [3.05, 3.63) is 83.6 Å². The minimum absolute atomic E-state index is 0.244. The number of nitriles is 1. The van der Waals surface area contributed by atoms with Crippen molar-refractivity contribution < 1.29 is 0 Å². The van der Waals surface area contributed by atoms with Crippen LogP contribution in [0.3, 0.4) is 0 Å². The van der Waals surface area contributed by atoms with E-state index in [9.17, 15) is 5.26 Å². The Morgan fingerprint density at radius 3 is 2.12 bits per heavy atom. The van der Waals surface area contributed by atoms with Crippen LogP contribution in [0.25, 0.3) is 0 Å². The Morgan fingerprint density at radius 2 is 1.58 bits per heavy atom. The molecule has 0 aromatic heterocycles. The Kier molecular flexibility index (Phi) is 7.38. The van der Waals surface area contributed by atoms with Crippen LogP contribution in [0.2, 0.25) is 19.6 Å². The fourth-order valence-corrected chi connectivity index (χ4v) is 3.87. The fourth-order valence-electron chi connectivity index (χ4n) is 3.03. The van der Waals surface area contributed by atoms with Crippen molar-refractivity contribution in [3.8, 4) is 6.07 Å². The SMILES string of the molecule is C[C@@H](C/C=C\[Si](C)(C)C)N(Cc1ccccc1)C(C#N)c1ccccc1.